The normalized spacial score (nSPS) is 17.9. The molecule has 2 atom stereocenters. The molecule has 0 radical (unpaired) electrons. The quantitative estimate of drug-likeness (QED) is 0.273. The zero-order chi connectivity index (χ0) is 24.5. The number of para-hydroxylation sites is 3. The molecule has 4 aromatic carbocycles. The minimum Gasteiger partial charge on any atom is -0.341 e. The van der Waals surface area contributed by atoms with Crippen molar-refractivity contribution in [2.75, 3.05) is 37.1 Å². The molecule has 0 saturated carbocycles. The van der Waals surface area contributed by atoms with Crippen LogP contribution in [-0.2, 0) is 0 Å². The van der Waals surface area contributed by atoms with Crippen LogP contribution in [0.3, 0.4) is 0 Å². The fourth-order valence-corrected chi connectivity index (χ4v) is 5.70. The third-order valence-electron chi connectivity index (χ3n) is 7.28. The first-order chi connectivity index (χ1) is 17.7. The van der Waals surface area contributed by atoms with E-state index in [2.05, 4.69) is 138 Å². The molecule has 0 fully saturated rings. The average molecular weight is 509 g/mol. The lowest BCUT2D eigenvalue weighted by atomic mass is 9.82. The molecule has 37 heavy (non-hydrogen) atoms. The van der Waals surface area contributed by atoms with Gasteiger partial charge in [-0.05, 0) is 62.5 Å². The SMILES string of the molecule is CN(C)CCCN1c2ccccc2C2C(c3ccccc3)=NN(c3ccccc3)C2c2ccccc21.Cl. The second-order valence-electron chi connectivity index (χ2n) is 9.88. The molecule has 0 spiro atoms. The van der Waals surface area contributed by atoms with Crippen molar-refractivity contribution >= 4 is 35.2 Å². The van der Waals surface area contributed by atoms with Crippen molar-refractivity contribution < 1.29 is 0 Å². The van der Waals surface area contributed by atoms with Crippen molar-refractivity contribution in [3.8, 4) is 0 Å². The smallest absolute Gasteiger partial charge is 0.0921 e. The lowest BCUT2D eigenvalue weighted by Gasteiger charge is -2.30. The van der Waals surface area contributed by atoms with E-state index in [0.717, 1.165) is 30.9 Å². The van der Waals surface area contributed by atoms with Gasteiger partial charge in [0.15, 0.2) is 0 Å². The Morgan fingerprint density at radius 1 is 0.703 bits per heavy atom. The Hall–Kier alpha value is -3.60. The lowest BCUT2D eigenvalue weighted by molar-refractivity contribution is 0.402. The van der Waals surface area contributed by atoms with Gasteiger partial charge >= 0.3 is 0 Å². The van der Waals surface area contributed by atoms with Crippen molar-refractivity contribution in [3.05, 3.63) is 126 Å². The minimum absolute atomic E-state index is 0. The fourth-order valence-electron chi connectivity index (χ4n) is 5.70. The largest absolute Gasteiger partial charge is 0.341 e. The highest BCUT2D eigenvalue weighted by atomic mass is 35.5. The highest BCUT2D eigenvalue weighted by Gasteiger charge is 2.45. The number of hydrogen-bond acceptors (Lipinski definition) is 4. The summed E-state index contributed by atoms with van der Waals surface area (Å²) in [6.45, 7) is 2.02. The van der Waals surface area contributed by atoms with Crippen LogP contribution in [0.1, 0.15) is 35.1 Å². The Bertz CT molecular complexity index is 1370. The van der Waals surface area contributed by atoms with E-state index in [4.69, 9.17) is 5.10 Å². The summed E-state index contributed by atoms with van der Waals surface area (Å²) in [5.41, 5.74) is 8.65. The van der Waals surface area contributed by atoms with Crippen molar-refractivity contribution in [3.63, 3.8) is 0 Å². The van der Waals surface area contributed by atoms with Gasteiger partial charge in [0.25, 0.3) is 0 Å². The topological polar surface area (TPSA) is 22.1 Å². The Morgan fingerprint density at radius 2 is 1.27 bits per heavy atom. The van der Waals surface area contributed by atoms with Gasteiger partial charge in [-0.15, -0.1) is 12.4 Å². The van der Waals surface area contributed by atoms with Gasteiger partial charge in [0.05, 0.1) is 23.4 Å². The van der Waals surface area contributed by atoms with E-state index in [-0.39, 0.29) is 24.4 Å². The van der Waals surface area contributed by atoms with Crippen LogP contribution in [0.2, 0.25) is 0 Å². The predicted octanol–water partition coefficient (Wildman–Crippen LogP) is 7.26. The highest BCUT2D eigenvalue weighted by molar-refractivity contribution is 6.09. The summed E-state index contributed by atoms with van der Waals surface area (Å²) < 4.78 is 0. The van der Waals surface area contributed by atoms with Crippen LogP contribution in [0.4, 0.5) is 17.1 Å². The van der Waals surface area contributed by atoms with E-state index < -0.39 is 0 Å². The second-order valence-corrected chi connectivity index (χ2v) is 9.88. The van der Waals surface area contributed by atoms with Crippen LogP contribution in [0.15, 0.2) is 114 Å². The van der Waals surface area contributed by atoms with Gasteiger partial charge in [-0.1, -0.05) is 84.9 Å². The summed E-state index contributed by atoms with van der Waals surface area (Å²) in [6, 6.07) is 39.3. The first-order valence-electron chi connectivity index (χ1n) is 12.8. The van der Waals surface area contributed by atoms with Crippen molar-refractivity contribution in [1.29, 1.82) is 0 Å². The number of benzene rings is 4. The molecule has 2 aliphatic heterocycles. The maximum absolute atomic E-state index is 5.35. The van der Waals surface area contributed by atoms with Gasteiger partial charge in [0.2, 0.25) is 0 Å². The lowest BCUT2D eigenvalue weighted by Crippen LogP contribution is -2.25. The number of hydrazone groups is 1. The Kier molecular flexibility index (Phi) is 7.31. The summed E-state index contributed by atoms with van der Waals surface area (Å²) in [7, 11) is 4.30. The molecule has 188 valence electrons. The average Bonchev–Trinajstić information content (AvgIpc) is 3.27. The van der Waals surface area contributed by atoms with Gasteiger partial charge in [0, 0.05) is 23.5 Å². The Morgan fingerprint density at radius 3 is 1.95 bits per heavy atom. The van der Waals surface area contributed by atoms with Crippen LogP contribution < -0.4 is 9.91 Å². The van der Waals surface area contributed by atoms with Gasteiger partial charge in [0.1, 0.15) is 0 Å². The van der Waals surface area contributed by atoms with E-state index in [1.807, 2.05) is 0 Å². The zero-order valence-electron chi connectivity index (χ0n) is 21.4. The molecular weight excluding hydrogens is 476 g/mol. The first kappa shape index (κ1) is 25.1. The van der Waals surface area contributed by atoms with Crippen molar-refractivity contribution in [1.82, 2.24) is 4.90 Å². The predicted molar refractivity (Wildman–Crippen MR) is 158 cm³/mol. The van der Waals surface area contributed by atoms with E-state index in [9.17, 15) is 0 Å². The summed E-state index contributed by atoms with van der Waals surface area (Å²) in [5.74, 6) is 0.115. The van der Waals surface area contributed by atoms with Gasteiger partial charge in [-0.3, -0.25) is 5.01 Å². The van der Waals surface area contributed by atoms with Crippen LogP contribution in [0.5, 0.6) is 0 Å². The molecule has 4 aromatic rings. The molecule has 6 rings (SSSR count). The summed E-state index contributed by atoms with van der Waals surface area (Å²) in [6.07, 6.45) is 1.09. The van der Waals surface area contributed by atoms with Crippen LogP contribution in [0, 0.1) is 0 Å². The first-order valence-corrected chi connectivity index (χ1v) is 12.8. The van der Waals surface area contributed by atoms with Gasteiger partial charge in [-0.2, -0.15) is 5.10 Å². The summed E-state index contributed by atoms with van der Waals surface area (Å²) in [4.78, 5) is 4.81. The second kappa shape index (κ2) is 10.8. The number of anilines is 3. The molecule has 0 saturated heterocycles. The molecule has 0 aliphatic carbocycles. The van der Waals surface area contributed by atoms with E-state index >= 15 is 0 Å². The molecule has 0 bridgehead atoms. The Balaban J connectivity index is 0.00000280. The molecule has 0 aromatic heterocycles. The molecular formula is C32H33ClN4. The molecule has 0 N–H and O–H groups in total. The van der Waals surface area contributed by atoms with Gasteiger partial charge < -0.3 is 9.80 Å². The summed E-state index contributed by atoms with van der Waals surface area (Å²) in [5, 5.41) is 7.60. The molecule has 2 unspecified atom stereocenters. The highest BCUT2D eigenvalue weighted by Crippen LogP contribution is 2.53. The van der Waals surface area contributed by atoms with E-state index in [1.165, 1.54) is 28.1 Å². The number of halogens is 1. The maximum atomic E-state index is 5.35. The van der Waals surface area contributed by atoms with Gasteiger partial charge in [-0.25, -0.2) is 0 Å². The number of hydrogen-bond donors (Lipinski definition) is 0. The fraction of sp³-hybridized carbons (Fsp3) is 0.219. The third kappa shape index (κ3) is 4.63. The van der Waals surface area contributed by atoms with E-state index in [0.29, 0.717) is 0 Å². The number of fused-ring (bicyclic) bond motifs is 5. The minimum atomic E-state index is 0. The number of rotatable bonds is 6. The van der Waals surface area contributed by atoms with E-state index in [1.54, 1.807) is 0 Å². The number of nitrogens with zero attached hydrogens (tertiary/aromatic N) is 4. The van der Waals surface area contributed by atoms with Crippen LogP contribution in [-0.4, -0.2) is 37.8 Å². The van der Waals surface area contributed by atoms with Crippen LogP contribution >= 0.6 is 12.4 Å². The summed E-state index contributed by atoms with van der Waals surface area (Å²) >= 11 is 0. The zero-order valence-corrected chi connectivity index (χ0v) is 22.2. The van der Waals surface area contributed by atoms with Crippen LogP contribution in [0.25, 0.3) is 0 Å². The standard InChI is InChI=1S/C32H32N4.ClH/c1-34(2)22-13-23-35-28-20-11-9-18-26(28)30-31(24-14-5-3-6-15-24)33-36(25-16-7-4-8-17-25)32(30)27-19-10-12-21-29(27)35;/h3-12,14-21,30,32H,13,22-23H2,1-2H3;1H. The molecule has 0 amide bonds. The third-order valence-corrected chi connectivity index (χ3v) is 7.28. The Labute approximate surface area is 226 Å². The molecule has 2 heterocycles. The maximum Gasteiger partial charge on any atom is 0.0921 e. The monoisotopic (exact) mass is 508 g/mol. The molecule has 5 heteroatoms. The molecule has 2 aliphatic rings. The molecule has 4 nitrogen and oxygen atoms in total. The van der Waals surface area contributed by atoms with Crippen molar-refractivity contribution in [2.24, 2.45) is 5.10 Å². The van der Waals surface area contributed by atoms with Crippen molar-refractivity contribution in [2.45, 2.75) is 18.4 Å².